The lowest BCUT2D eigenvalue weighted by Crippen LogP contribution is -1.93. The first kappa shape index (κ1) is 10.6. The van der Waals surface area contributed by atoms with Gasteiger partial charge in [-0.3, -0.25) is 0 Å². The van der Waals surface area contributed by atoms with Crippen LogP contribution in [0.2, 0.25) is 5.02 Å². The smallest absolute Gasteiger partial charge is 0.135 e. The third kappa shape index (κ3) is 2.06. The predicted octanol–water partition coefficient (Wildman–Crippen LogP) is 3.44. The Balaban J connectivity index is 2.65. The molecule has 1 aromatic heterocycles. The number of halogens is 2. The summed E-state index contributed by atoms with van der Waals surface area (Å²) in [5, 5.41) is 9.23. The van der Waals surface area contributed by atoms with Crippen LogP contribution in [0.4, 0.5) is 0 Å². The number of hydrogen-bond acceptors (Lipinski definition) is 3. The lowest BCUT2D eigenvalue weighted by atomic mass is 10.2. The minimum Gasteiger partial charge on any atom is -0.493 e. The molecule has 0 aliphatic carbocycles. The molecule has 1 heterocycles. The minimum atomic E-state index is 0.587. The Bertz CT molecular complexity index is 504. The molecule has 15 heavy (non-hydrogen) atoms. The Morgan fingerprint density at radius 3 is 3.00 bits per heavy atom. The normalized spacial score (nSPS) is 10.6. The van der Waals surface area contributed by atoms with Gasteiger partial charge in [0.25, 0.3) is 0 Å². The number of rotatable bonds is 2. The van der Waals surface area contributed by atoms with Crippen molar-refractivity contribution in [2.24, 2.45) is 0 Å². The highest BCUT2D eigenvalue weighted by molar-refractivity contribution is 9.10. The zero-order valence-corrected chi connectivity index (χ0v) is 10.3. The van der Waals surface area contributed by atoms with Crippen LogP contribution in [0.25, 0.3) is 10.9 Å². The number of fused-ring (bicyclic) bond motifs is 1. The number of nitrogens with zero attached hydrogens (tertiary/aromatic N) is 2. The molecule has 0 amide bonds. The second kappa shape index (κ2) is 4.33. The minimum absolute atomic E-state index is 0.587. The molecule has 2 aromatic rings. The van der Waals surface area contributed by atoms with Gasteiger partial charge in [0.05, 0.1) is 27.8 Å². The Labute approximate surface area is 101 Å². The first-order valence-electron chi connectivity index (χ1n) is 4.45. The van der Waals surface area contributed by atoms with Gasteiger partial charge >= 0.3 is 0 Å². The average molecular weight is 288 g/mol. The van der Waals surface area contributed by atoms with Crippen LogP contribution in [0, 0.1) is 0 Å². The van der Waals surface area contributed by atoms with Crippen LogP contribution in [0.3, 0.4) is 0 Å². The molecule has 0 aliphatic heterocycles. The van der Waals surface area contributed by atoms with Crippen LogP contribution in [-0.4, -0.2) is 16.8 Å². The number of aromatic nitrogens is 2. The molecule has 0 aliphatic rings. The summed E-state index contributed by atoms with van der Waals surface area (Å²) in [4.78, 5) is 0. The molecule has 0 saturated carbocycles. The molecule has 0 unspecified atom stereocenters. The third-order valence-electron chi connectivity index (χ3n) is 1.94. The summed E-state index contributed by atoms with van der Waals surface area (Å²) in [7, 11) is 0. The van der Waals surface area contributed by atoms with Crippen LogP contribution in [0.1, 0.15) is 6.92 Å². The summed E-state index contributed by atoms with van der Waals surface area (Å²) in [6.07, 6.45) is 1.52. The van der Waals surface area contributed by atoms with Crippen LogP contribution >= 0.6 is 27.5 Å². The maximum absolute atomic E-state index is 5.99. The lowest BCUT2D eigenvalue weighted by Gasteiger charge is -2.07. The Morgan fingerprint density at radius 1 is 1.47 bits per heavy atom. The van der Waals surface area contributed by atoms with Gasteiger partial charge < -0.3 is 4.74 Å². The van der Waals surface area contributed by atoms with E-state index in [-0.39, 0.29) is 0 Å². The van der Waals surface area contributed by atoms with Gasteiger partial charge in [-0.25, -0.2) is 0 Å². The van der Waals surface area contributed by atoms with Crippen molar-refractivity contribution in [3.63, 3.8) is 0 Å². The van der Waals surface area contributed by atoms with E-state index in [1.165, 1.54) is 6.20 Å². The molecule has 3 nitrogen and oxygen atoms in total. The fraction of sp³-hybridized carbons (Fsp3) is 0.200. The van der Waals surface area contributed by atoms with Gasteiger partial charge in [0.15, 0.2) is 0 Å². The van der Waals surface area contributed by atoms with Gasteiger partial charge in [-0.05, 0) is 28.9 Å². The van der Waals surface area contributed by atoms with Gasteiger partial charge in [0.2, 0.25) is 0 Å². The lowest BCUT2D eigenvalue weighted by molar-refractivity contribution is 0.338. The zero-order chi connectivity index (χ0) is 10.8. The third-order valence-corrected chi connectivity index (χ3v) is 2.86. The standard InChI is InChI=1S/C10H8BrClN2O/c1-2-15-10-4-9-6(3-7(10)11)8(12)5-13-14-9/h3-5H,2H2,1H3. The van der Waals surface area contributed by atoms with Gasteiger partial charge in [0, 0.05) is 11.5 Å². The second-order valence-corrected chi connectivity index (χ2v) is 4.19. The maximum atomic E-state index is 5.99. The largest absolute Gasteiger partial charge is 0.493 e. The summed E-state index contributed by atoms with van der Waals surface area (Å²) in [5.74, 6) is 0.751. The fourth-order valence-electron chi connectivity index (χ4n) is 1.29. The van der Waals surface area contributed by atoms with Crippen molar-refractivity contribution < 1.29 is 4.74 Å². The predicted molar refractivity (Wildman–Crippen MR) is 63.4 cm³/mol. The Morgan fingerprint density at radius 2 is 2.27 bits per heavy atom. The van der Waals surface area contributed by atoms with E-state index in [0.717, 1.165) is 21.1 Å². The van der Waals surface area contributed by atoms with Crippen molar-refractivity contribution in [1.82, 2.24) is 10.2 Å². The zero-order valence-electron chi connectivity index (χ0n) is 8.00. The molecule has 0 bridgehead atoms. The quantitative estimate of drug-likeness (QED) is 0.848. The van der Waals surface area contributed by atoms with Gasteiger partial charge in [-0.15, -0.1) is 0 Å². The highest BCUT2D eigenvalue weighted by atomic mass is 79.9. The number of ether oxygens (including phenoxy) is 1. The van der Waals surface area contributed by atoms with Crippen molar-refractivity contribution in [2.75, 3.05) is 6.61 Å². The van der Waals surface area contributed by atoms with Crippen LogP contribution in [-0.2, 0) is 0 Å². The van der Waals surface area contributed by atoms with E-state index in [1.807, 2.05) is 19.1 Å². The summed E-state index contributed by atoms with van der Waals surface area (Å²) in [6, 6.07) is 3.71. The van der Waals surface area contributed by atoms with Crippen molar-refractivity contribution in [3.8, 4) is 5.75 Å². The van der Waals surface area contributed by atoms with E-state index in [9.17, 15) is 0 Å². The average Bonchev–Trinajstić information content (AvgIpc) is 2.21. The summed E-state index contributed by atoms with van der Waals surface area (Å²) >= 11 is 9.41. The molecule has 0 radical (unpaired) electrons. The summed E-state index contributed by atoms with van der Waals surface area (Å²) in [5.41, 5.74) is 0.731. The van der Waals surface area contributed by atoms with E-state index in [2.05, 4.69) is 26.1 Å². The molecule has 78 valence electrons. The number of benzene rings is 1. The summed E-state index contributed by atoms with van der Waals surface area (Å²) in [6.45, 7) is 2.54. The van der Waals surface area contributed by atoms with Gasteiger partial charge in [-0.2, -0.15) is 10.2 Å². The molecule has 5 heteroatoms. The molecule has 0 fully saturated rings. The topological polar surface area (TPSA) is 35.0 Å². The molecule has 0 N–H and O–H groups in total. The second-order valence-electron chi connectivity index (χ2n) is 2.93. The highest BCUT2D eigenvalue weighted by Gasteiger charge is 2.07. The SMILES string of the molecule is CCOc1cc2nncc(Cl)c2cc1Br. The maximum Gasteiger partial charge on any atom is 0.135 e. The van der Waals surface area contributed by atoms with Crippen molar-refractivity contribution >= 4 is 38.4 Å². The van der Waals surface area contributed by atoms with Crippen LogP contribution in [0.5, 0.6) is 5.75 Å². The van der Waals surface area contributed by atoms with E-state index >= 15 is 0 Å². The van der Waals surface area contributed by atoms with Gasteiger partial charge in [0.1, 0.15) is 5.75 Å². The first-order chi connectivity index (χ1) is 7.22. The molecule has 0 saturated heterocycles. The Hall–Kier alpha value is -0.870. The Kier molecular flexibility index (Phi) is 3.07. The number of hydrogen-bond donors (Lipinski definition) is 0. The van der Waals surface area contributed by atoms with E-state index < -0.39 is 0 Å². The van der Waals surface area contributed by atoms with Crippen molar-refractivity contribution in [2.45, 2.75) is 6.92 Å². The molecular weight excluding hydrogens is 279 g/mol. The van der Waals surface area contributed by atoms with Gasteiger partial charge in [-0.1, -0.05) is 11.6 Å². The molecule has 1 aromatic carbocycles. The molecule has 2 rings (SSSR count). The van der Waals surface area contributed by atoms with Crippen LogP contribution in [0.15, 0.2) is 22.8 Å². The van der Waals surface area contributed by atoms with Crippen molar-refractivity contribution in [1.29, 1.82) is 0 Å². The molecule has 0 atom stereocenters. The molecular formula is C10H8BrClN2O. The van der Waals surface area contributed by atoms with E-state index in [4.69, 9.17) is 16.3 Å². The first-order valence-corrected chi connectivity index (χ1v) is 5.62. The van der Waals surface area contributed by atoms with E-state index in [0.29, 0.717) is 11.6 Å². The van der Waals surface area contributed by atoms with Crippen LogP contribution < -0.4 is 4.74 Å². The summed E-state index contributed by atoms with van der Waals surface area (Å²) < 4.78 is 6.29. The van der Waals surface area contributed by atoms with Crippen molar-refractivity contribution in [3.05, 3.63) is 27.8 Å². The monoisotopic (exact) mass is 286 g/mol. The van der Waals surface area contributed by atoms with E-state index in [1.54, 1.807) is 0 Å². The molecule has 0 spiro atoms. The highest BCUT2D eigenvalue weighted by Crippen LogP contribution is 2.32. The fourth-order valence-corrected chi connectivity index (χ4v) is 1.95.